The molecule has 2 aromatic rings. The molecule has 0 bridgehead atoms. The number of nitro benzene ring substituents is 1. The number of carbonyl (C=O) groups is 1. The lowest BCUT2D eigenvalue weighted by molar-refractivity contribution is -0.384. The van der Waals surface area contributed by atoms with E-state index in [1.807, 2.05) is 0 Å². The van der Waals surface area contributed by atoms with Crippen molar-refractivity contribution in [3.8, 4) is 11.5 Å². The number of benzene rings is 2. The third kappa shape index (κ3) is 3.71. The summed E-state index contributed by atoms with van der Waals surface area (Å²) in [5.74, 6) is 0.814. The maximum Gasteiger partial charge on any atom is 0.270 e. The molecule has 8 heteroatoms. The van der Waals surface area contributed by atoms with Crippen LogP contribution in [0.25, 0.3) is 0 Å². The number of carbonyl (C=O) groups excluding carboxylic acids is 1. The van der Waals surface area contributed by atoms with Crippen LogP contribution in [0.15, 0.2) is 36.4 Å². The molecule has 1 saturated heterocycles. The standard InChI is InChI=1S/C20H21N3O5/c24-20(21-14-4-7-18-19(12-14)28-11-10-27-18)16-13-15(23(25)26)5-6-17(16)22-8-2-1-3-9-22/h4-7,12-13H,1-3,8-11H2,(H,21,24). The van der Waals surface area contributed by atoms with Gasteiger partial charge in [-0.05, 0) is 37.5 Å². The Morgan fingerprint density at radius 3 is 2.50 bits per heavy atom. The van der Waals surface area contributed by atoms with Gasteiger partial charge < -0.3 is 19.7 Å². The van der Waals surface area contributed by atoms with Gasteiger partial charge in [0.1, 0.15) is 13.2 Å². The van der Waals surface area contributed by atoms with Crippen molar-refractivity contribution in [3.63, 3.8) is 0 Å². The lowest BCUT2D eigenvalue weighted by Crippen LogP contribution is -2.31. The molecule has 0 spiro atoms. The number of fused-ring (bicyclic) bond motifs is 1. The molecule has 0 saturated carbocycles. The van der Waals surface area contributed by atoms with Gasteiger partial charge in [-0.1, -0.05) is 0 Å². The van der Waals surface area contributed by atoms with E-state index >= 15 is 0 Å². The number of nitro groups is 1. The van der Waals surface area contributed by atoms with Crippen LogP contribution in [-0.4, -0.2) is 37.1 Å². The van der Waals surface area contributed by atoms with E-state index in [1.54, 1.807) is 24.3 Å². The Hall–Kier alpha value is -3.29. The Kier molecular flexibility index (Phi) is 5.01. The van der Waals surface area contributed by atoms with E-state index in [9.17, 15) is 14.9 Å². The van der Waals surface area contributed by atoms with Crippen LogP contribution in [0.1, 0.15) is 29.6 Å². The third-order valence-electron chi connectivity index (χ3n) is 4.93. The van der Waals surface area contributed by atoms with Crippen molar-refractivity contribution < 1.29 is 19.2 Å². The Morgan fingerprint density at radius 2 is 1.75 bits per heavy atom. The first-order valence-corrected chi connectivity index (χ1v) is 9.36. The van der Waals surface area contributed by atoms with Crippen molar-refractivity contribution in [3.05, 3.63) is 52.1 Å². The van der Waals surface area contributed by atoms with Crippen molar-refractivity contribution in [2.45, 2.75) is 19.3 Å². The van der Waals surface area contributed by atoms with Crippen LogP contribution in [0.2, 0.25) is 0 Å². The van der Waals surface area contributed by atoms with Gasteiger partial charge in [0, 0.05) is 37.0 Å². The Morgan fingerprint density at radius 1 is 1.00 bits per heavy atom. The van der Waals surface area contributed by atoms with E-state index in [0.717, 1.165) is 38.0 Å². The molecule has 2 aliphatic heterocycles. The van der Waals surface area contributed by atoms with E-state index in [2.05, 4.69) is 10.2 Å². The molecule has 2 aliphatic rings. The summed E-state index contributed by atoms with van der Waals surface area (Å²) in [4.78, 5) is 25.8. The zero-order chi connectivity index (χ0) is 19.5. The summed E-state index contributed by atoms with van der Waals surface area (Å²) >= 11 is 0. The monoisotopic (exact) mass is 383 g/mol. The van der Waals surface area contributed by atoms with Gasteiger partial charge in [-0.15, -0.1) is 0 Å². The van der Waals surface area contributed by atoms with Crippen LogP contribution in [0, 0.1) is 10.1 Å². The maximum absolute atomic E-state index is 13.0. The van der Waals surface area contributed by atoms with Crippen LogP contribution in [0.3, 0.4) is 0 Å². The number of nitrogens with one attached hydrogen (secondary N) is 1. The van der Waals surface area contributed by atoms with Crippen LogP contribution in [0.4, 0.5) is 17.1 Å². The number of hydrogen-bond acceptors (Lipinski definition) is 6. The molecule has 1 fully saturated rings. The van der Waals surface area contributed by atoms with Gasteiger partial charge in [-0.25, -0.2) is 0 Å². The number of piperidine rings is 1. The average Bonchev–Trinajstić information content (AvgIpc) is 2.73. The molecule has 0 atom stereocenters. The van der Waals surface area contributed by atoms with Crippen molar-refractivity contribution in [2.24, 2.45) is 0 Å². The first kappa shape index (κ1) is 18.1. The molecule has 0 aromatic heterocycles. The summed E-state index contributed by atoms with van der Waals surface area (Å²) in [7, 11) is 0. The fourth-order valence-electron chi connectivity index (χ4n) is 3.55. The number of anilines is 2. The Labute approximate surface area is 162 Å². The summed E-state index contributed by atoms with van der Waals surface area (Å²) in [5.41, 5.74) is 1.46. The zero-order valence-corrected chi connectivity index (χ0v) is 15.3. The molecule has 1 amide bonds. The number of nitrogens with zero attached hydrogens (tertiary/aromatic N) is 2. The fourth-order valence-corrected chi connectivity index (χ4v) is 3.55. The second kappa shape index (κ2) is 7.75. The van der Waals surface area contributed by atoms with E-state index in [-0.39, 0.29) is 11.6 Å². The SMILES string of the molecule is O=C(Nc1ccc2c(c1)OCCO2)c1cc([N+](=O)[O-])ccc1N1CCCCC1. The lowest BCUT2D eigenvalue weighted by Gasteiger charge is -2.30. The molecular weight excluding hydrogens is 362 g/mol. The van der Waals surface area contributed by atoms with E-state index in [0.29, 0.717) is 36.0 Å². The first-order valence-electron chi connectivity index (χ1n) is 9.36. The van der Waals surface area contributed by atoms with Gasteiger partial charge in [0.15, 0.2) is 11.5 Å². The molecule has 146 valence electrons. The van der Waals surface area contributed by atoms with Gasteiger partial charge in [0.2, 0.25) is 0 Å². The number of non-ortho nitro benzene ring substituents is 1. The second-order valence-corrected chi connectivity index (χ2v) is 6.82. The summed E-state index contributed by atoms with van der Waals surface area (Å²) in [6.45, 7) is 2.62. The van der Waals surface area contributed by atoms with Crippen molar-refractivity contribution in [2.75, 3.05) is 36.5 Å². The van der Waals surface area contributed by atoms with E-state index < -0.39 is 4.92 Å². The average molecular weight is 383 g/mol. The highest BCUT2D eigenvalue weighted by Gasteiger charge is 2.22. The molecule has 4 rings (SSSR count). The fraction of sp³-hybridized carbons (Fsp3) is 0.350. The van der Waals surface area contributed by atoms with E-state index in [1.165, 1.54) is 12.1 Å². The lowest BCUT2D eigenvalue weighted by atomic mass is 10.1. The first-order chi connectivity index (χ1) is 13.6. The largest absolute Gasteiger partial charge is 0.486 e. The number of ether oxygens (including phenoxy) is 2. The third-order valence-corrected chi connectivity index (χ3v) is 4.93. The summed E-state index contributed by atoms with van der Waals surface area (Å²) < 4.78 is 11.0. The maximum atomic E-state index is 13.0. The molecule has 28 heavy (non-hydrogen) atoms. The van der Waals surface area contributed by atoms with E-state index in [4.69, 9.17) is 9.47 Å². The molecule has 1 N–H and O–H groups in total. The van der Waals surface area contributed by atoms with Gasteiger partial charge in [-0.3, -0.25) is 14.9 Å². The highest BCUT2D eigenvalue weighted by molar-refractivity contribution is 6.08. The highest BCUT2D eigenvalue weighted by atomic mass is 16.6. The molecule has 2 aromatic carbocycles. The van der Waals surface area contributed by atoms with Crippen LogP contribution < -0.4 is 19.7 Å². The molecule has 0 unspecified atom stereocenters. The minimum absolute atomic E-state index is 0.104. The molecule has 8 nitrogen and oxygen atoms in total. The minimum atomic E-state index is -0.485. The predicted molar refractivity (Wildman–Crippen MR) is 105 cm³/mol. The number of rotatable bonds is 4. The van der Waals surface area contributed by atoms with Gasteiger partial charge in [0.25, 0.3) is 11.6 Å². The van der Waals surface area contributed by atoms with Gasteiger partial charge in [0.05, 0.1) is 16.2 Å². The van der Waals surface area contributed by atoms with Gasteiger partial charge >= 0.3 is 0 Å². The van der Waals surface area contributed by atoms with Crippen LogP contribution >= 0.6 is 0 Å². The number of amides is 1. The van der Waals surface area contributed by atoms with Crippen molar-refractivity contribution in [1.82, 2.24) is 0 Å². The smallest absolute Gasteiger partial charge is 0.270 e. The summed E-state index contributed by atoms with van der Waals surface area (Å²) in [6.07, 6.45) is 3.24. The highest BCUT2D eigenvalue weighted by Crippen LogP contribution is 2.33. The predicted octanol–water partition coefficient (Wildman–Crippen LogP) is 3.61. The van der Waals surface area contributed by atoms with Gasteiger partial charge in [-0.2, -0.15) is 0 Å². The van der Waals surface area contributed by atoms with Crippen LogP contribution in [-0.2, 0) is 0 Å². The van der Waals surface area contributed by atoms with Crippen molar-refractivity contribution >= 4 is 23.0 Å². The van der Waals surface area contributed by atoms with Crippen molar-refractivity contribution in [1.29, 1.82) is 0 Å². The summed E-state index contributed by atoms with van der Waals surface area (Å²) in [5, 5.41) is 14.0. The van der Waals surface area contributed by atoms with Crippen LogP contribution in [0.5, 0.6) is 11.5 Å². The molecule has 0 aliphatic carbocycles. The molecule has 2 heterocycles. The molecule has 0 radical (unpaired) electrons. The Balaban J connectivity index is 1.63. The normalized spacial score (nSPS) is 15.8. The molecular formula is C20H21N3O5. The Bertz CT molecular complexity index is 909. The second-order valence-electron chi connectivity index (χ2n) is 6.82. The zero-order valence-electron chi connectivity index (χ0n) is 15.3. The summed E-state index contributed by atoms with van der Waals surface area (Å²) in [6, 6.07) is 9.63. The minimum Gasteiger partial charge on any atom is -0.486 e. The topological polar surface area (TPSA) is 93.9 Å². The quantitative estimate of drug-likeness (QED) is 0.640. The number of hydrogen-bond donors (Lipinski definition) is 1.